The predicted molar refractivity (Wildman–Crippen MR) is 140 cm³/mol. The summed E-state index contributed by atoms with van der Waals surface area (Å²) in [6.45, 7) is 6.51. The van der Waals surface area contributed by atoms with Crippen LogP contribution in [-0.4, -0.2) is 42.4 Å². The van der Waals surface area contributed by atoms with E-state index in [2.05, 4.69) is 6.58 Å². The molecule has 0 spiro atoms. The van der Waals surface area contributed by atoms with Crippen molar-refractivity contribution >= 4 is 51.4 Å². The van der Waals surface area contributed by atoms with Gasteiger partial charge in [-0.15, -0.1) is 0 Å². The molecule has 1 heterocycles. The minimum Gasteiger partial charge on any atom is -0.491 e. The van der Waals surface area contributed by atoms with Gasteiger partial charge in [0.2, 0.25) is 0 Å². The maximum absolute atomic E-state index is 12.9. The molecular formula is C27H24ClNO5S. The number of ether oxygens (including phenoxy) is 3. The lowest BCUT2D eigenvalue weighted by molar-refractivity contribution is -0.123. The van der Waals surface area contributed by atoms with E-state index in [1.807, 2.05) is 49.4 Å². The molecule has 0 radical (unpaired) electrons. The zero-order valence-corrected chi connectivity index (χ0v) is 20.7. The lowest BCUT2D eigenvalue weighted by atomic mass is 10.1. The number of rotatable bonds is 10. The number of benzene rings is 3. The van der Waals surface area contributed by atoms with Gasteiger partial charge in [0.05, 0.1) is 23.1 Å². The summed E-state index contributed by atoms with van der Waals surface area (Å²) in [5.74, 6) is 1.20. The molecule has 8 heteroatoms. The van der Waals surface area contributed by atoms with Crippen LogP contribution in [0.2, 0.25) is 5.02 Å². The highest BCUT2D eigenvalue weighted by atomic mass is 35.5. The van der Waals surface area contributed by atoms with Crippen molar-refractivity contribution in [3.05, 3.63) is 82.7 Å². The van der Waals surface area contributed by atoms with E-state index in [1.165, 1.54) is 4.90 Å². The van der Waals surface area contributed by atoms with E-state index in [0.29, 0.717) is 39.3 Å². The Morgan fingerprint density at radius 1 is 1.03 bits per heavy atom. The lowest BCUT2D eigenvalue weighted by Crippen LogP contribution is -2.32. The standard InChI is InChI=1S/C27H24ClNO5S/c1-3-13-34-25-21(28)15-18(16-23(25)32-4-2)17-24-26(30)29(27(31)35-24)12-14-33-22-11-7-9-19-8-5-6-10-20(19)22/h3,5-11,15-17H,1,4,12-14H2,2H3/b24-17-. The van der Waals surface area contributed by atoms with Crippen LogP contribution in [0, 0.1) is 0 Å². The van der Waals surface area contributed by atoms with E-state index in [1.54, 1.807) is 24.3 Å². The molecule has 0 bridgehead atoms. The van der Waals surface area contributed by atoms with Gasteiger partial charge in [0.25, 0.3) is 11.1 Å². The van der Waals surface area contributed by atoms with Gasteiger partial charge in [-0.05, 0) is 53.9 Å². The normalized spacial score (nSPS) is 14.6. The molecule has 4 rings (SSSR count). The highest BCUT2D eigenvalue weighted by Crippen LogP contribution is 2.39. The molecule has 0 aliphatic carbocycles. The van der Waals surface area contributed by atoms with E-state index in [-0.39, 0.29) is 30.9 Å². The first kappa shape index (κ1) is 24.7. The van der Waals surface area contributed by atoms with Crippen LogP contribution in [-0.2, 0) is 4.79 Å². The second kappa shape index (κ2) is 11.3. The van der Waals surface area contributed by atoms with Crippen LogP contribution in [0.25, 0.3) is 16.8 Å². The van der Waals surface area contributed by atoms with Crippen LogP contribution in [0.15, 0.2) is 72.2 Å². The second-order valence-corrected chi connectivity index (χ2v) is 8.92. The minimum atomic E-state index is -0.373. The molecule has 1 aliphatic rings. The van der Waals surface area contributed by atoms with Gasteiger partial charge >= 0.3 is 0 Å². The Kier molecular flexibility index (Phi) is 8.00. The third-order valence-corrected chi connectivity index (χ3v) is 6.36. The summed E-state index contributed by atoms with van der Waals surface area (Å²) in [4.78, 5) is 27.0. The Balaban J connectivity index is 1.47. The quantitative estimate of drug-likeness (QED) is 0.227. The number of imide groups is 1. The average molecular weight is 510 g/mol. The van der Waals surface area contributed by atoms with Crippen molar-refractivity contribution in [3.63, 3.8) is 0 Å². The molecule has 2 amide bonds. The molecule has 3 aromatic rings. The van der Waals surface area contributed by atoms with Crippen molar-refractivity contribution in [1.29, 1.82) is 0 Å². The molecule has 0 aromatic heterocycles. The van der Waals surface area contributed by atoms with Gasteiger partial charge in [-0.2, -0.15) is 0 Å². The third-order valence-electron chi connectivity index (χ3n) is 5.17. The number of halogens is 1. The molecule has 3 aromatic carbocycles. The van der Waals surface area contributed by atoms with E-state index in [9.17, 15) is 9.59 Å². The summed E-state index contributed by atoms with van der Waals surface area (Å²) in [6, 6.07) is 17.1. The minimum absolute atomic E-state index is 0.143. The van der Waals surface area contributed by atoms with Crippen molar-refractivity contribution in [1.82, 2.24) is 4.90 Å². The van der Waals surface area contributed by atoms with Gasteiger partial charge in [-0.1, -0.05) is 60.7 Å². The summed E-state index contributed by atoms with van der Waals surface area (Å²) in [7, 11) is 0. The predicted octanol–water partition coefficient (Wildman–Crippen LogP) is 6.57. The van der Waals surface area contributed by atoms with Crippen LogP contribution < -0.4 is 14.2 Å². The van der Waals surface area contributed by atoms with Crippen molar-refractivity contribution in [2.24, 2.45) is 0 Å². The van der Waals surface area contributed by atoms with Gasteiger partial charge in [0.15, 0.2) is 11.5 Å². The van der Waals surface area contributed by atoms with Gasteiger partial charge in [-0.25, -0.2) is 0 Å². The maximum Gasteiger partial charge on any atom is 0.293 e. The van der Waals surface area contributed by atoms with Crippen molar-refractivity contribution in [2.75, 3.05) is 26.4 Å². The Morgan fingerprint density at radius 3 is 2.63 bits per heavy atom. The molecule has 0 N–H and O–H groups in total. The lowest BCUT2D eigenvalue weighted by Gasteiger charge is -2.14. The van der Waals surface area contributed by atoms with Crippen LogP contribution >= 0.6 is 23.4 Å². The maximum atomic E-state index is 12.9. The van der Waals surface area contributed by atoms with Crippen LogP contribution in [0.5, 0.6) is 17.2 Å². The molecule has 6 nitrogen and oxygen atoms in total. The van der Waals surface area contributed by atoms with E-state index < -0.39 is 0 Å². The Labute approximate surface area is 213 Å². The first-order chi connectivity index (χ1) is 17.0. The topological polar surface area (TPSA) is 65.1 Å². The highest BCUT2D eigenvalue weighted by molar-refractivity contribution is 8.18. The van der Waals surface area contributed by atoms with Gasteiger partial charge < -0.3 is 14.2 Å². The Hall–Kier alpha value is -3.42. The first-order valence-corrected chi connectivity index (χ1v) is 12.3. The first-order valence-electron chi connectivity index (χ1n) is 11.1. The number of hydrogen-bond acceptors (Lipinski definition) is 6. The number of carbonyl (C=O) groups is 2. The number of nitrogens with zero attached hydrogens (tertiary/aromatic N) is 1. The fourth-order valence-corrected chi connectivity index (χ4v) is 4.77. The average Bonchev–Trinajstić information content (AvgIpc) is 3.11. The van der Waals surface area contributed by atoms with Crippen LogP contribution in [0.4, 0.5) is 4.79 Å². The molecule has 1 saturated heterocycles. The third kappa shape index (κ3) is 5.63. The number of amides is 2. The SMILES string of the molecule is C=CCOc1c(Cl)cc(/C=C2\SC(=O)N(CCOc3cccc4ccccc34)C2=O)cc1OCC. The summed E-state index contributed by atoms with van der Waals surface area (Å²) in [5, 5.41) is 2.04. The largest absolute Gasteiger partial charge is 0.491 e. The van der Waals surface area contributed by atoms with Crippen molar-refractivity contribution in [2.45, 2.75) is 6.92 Å². The monoisotopic (exact) mass is 509 g/mol. The fourth-order valence-electron chi connectivity index (χ4n) is 3.63. The zero-order chi connectivity index (χ0) is 24.8. The molecule has 0 unspecified atom stereocenters. The molecule has 35 heavy (non-hydrogen) atoms. The van der Waals surface area contributed by atoms with Crippen LogP contribution in [0.3, 0.4) is 0 Å². The Morgan fingerprint density at radius 2 is 1.83 bits per heavy atom. The molecule has 1 fully saturated rings. The molecule has 0 saturated carbocycles. The zero-order valence-electron chi connectivity index (χ0n) is 19.2. The van der Waals surface area contributed by atoms with Gasteiger partial charge in [0, 0.05) is 5.39 Å². The fraction of sp³-hybridized carbons (Fsp3) is 0.185. The number of hydrogen-bond donors (Lipinski definition) is 0. The number of carbonyl (C=O) groups excluding carboxylic acids is 2. The van der Waals surface area contributed by atoms with Crippen molar-refractivity contribution in [3.8, 4) is 17.2 Å². The van der Waals surface area contributed by atoms with E-state index in [0.717, 1.165) is 22.5 Å². The molecule has 1 aliphatic heterocycles. The summed E-state index contributed by atoms with van der Waals surface area (Å²) in [5.41, 5.74) is 0.627. The highest BCUT2D eigenvalue weighted by Gasteiger charge is 2.35. The molecular weight excluding hydrogens is 486 g/mol. The van der Waals surface area contributed by atoms with Crippen LogP contribution in [0.1, 0.15) is 12.5 Å². The van der Waals surface area contributed by atoms with E-state index in [4.69, 9.17) is 25.8 Å². The summed E-state index contributed by atoms with van der Waals surface area (Å²) in [6.07, 6.45) is 3.24. The number of thioether (sulfide) groups is 1. The number of fused-ring (bicyclic) bond motifs is 1. The smallest absolute Gasteiger partial charge is 0.293 e. The van der Waals surface area contributed by atoms with Crippen molar-refractivity contribution < 1.29 is 23.8 Å². The second-order valence-electron chi connectivity index (χ2n) is 7.52. The van der Waals surface area contributed by atoms with Gasteiger partial charge in [0.1, 0.15) is 19.0 Å². The van der Waals surface area contributed by atoms with E-state index >= 15 is 0 Å². The van der Waals surface area contributed by atoms with Gasteiger partial charge in [-0.3, -0.25) is 14.5 Å². The molecule has 180 valence electrons. The summed E-state index contributed by atoms with van der Waals surface area (Å²) < 4.78 is 17.2. The molecule has 0 atom stereocenters. The summed E-state index contributed by atoms with van der Waals surface area (Å²) >= 11 is 7.28. The Bertz CT molecular complexity index is 1300.